The zero-order valence-corrected chi connectivity index (χ0v) is 11.6. The molecule has 0 bridgehead atoms. The van der Waals surface area contributed by atoms with Crippen molar-refractivity contribution in [1.29, 1.82) is 0 Å². The standard InChI is InChI=1S/C18H18O2/c1-2-3-4-5-6-7-14-8-9-16-13-17(18(19)20)11-10-15(16)12-14/h8-13H,2-5H2,1H3,(H,19,20). The maximum absolute atomic E-state index is 10.9. The van der Waals surface area contributed by atoms with Crippen LogP contribution in [0.25, 0.3) is 10.8 Å². The molecule has 0 aliphatic rings. The van der Waals surface area contributed by atoms with Crippen molar-refractivity contribution in [2.75, 3.05) is 0 Å². The van der Waals surface area contributed by atoms with Crippen molar-refractivity contribution < 1.29 is 9.90 Å². The average Bonchev–Trinajstić information content (AvgIpc) is 2.46. The molecule has 0 aliphatic carbocycles. The molecule has 2 aromatic carbocycles. The lowest BCUT2D eigenvalue weighted by molar-refractivity contribution is 0.0697. The molecule has 0 heterocycles. The number of fused-ring (bicyclic) bond motifs is 1. The van der Waals surface area contributed by atoms with Crippen LogP contribution < -0.4 is 0 Å². The van der Waals surface area contributed by atoms with Gasteiger partial charge in [0.05, 0.1) is 5.56 Å². The number of carboxylic acid groups (broad SMARTS) is 1. The summed E-state index contributed by atoms with van der Waals surface area (Å²) >= 11 is 0. The lowest BCUT2D eigenvalue weighted by Crippen LogP contribution is -1.95. The quantitative estimate of drug-likeness (QED) is 0.655. The first-order valence-corrected chi connectivity index (χ1v) is 6.96. The van der Waals surface area contributed by atoms with Crippen molar-refractivity contribution >= 4 is 16.7 Å². The molecule has 2 rings (SSSR count). The highest BCUT2D eigenvalue weighted by atomic mass is 16.4. The lowest BCUT2D eigenvalue weighted by atomic mass is 10.0. The Kier molecular flexibility index (Phi) is 4.79. The van der Waals surface area contributed by atoms with Crippen LogP contribution in [0.3, 0.4) is 0 Å². The average molecular weight is 266 g/mol. The van der Waals surface area contributed by atoms with Gasteiger partial charge in [0.25, 0.3) is 0 Å². The van der Waals surface area contributed by atoms with Crippen molar-refractivity contribution in [2.45, 2.75) is 32.6 Å². The van der Waals surface area contributed by atoms with Gasteiger partial charge in [-0.2, -0.15) is 0 Å². The highest BCUT2D eigenvalue weighted by Crippen LogP contribution is 2.17. The molecule has 2 aromatic rings. The molecule has 0 aromatic heterocycles. The third-order valence-corrected chi connectivity index (χ3v) is 3.23. The number of hydrogen-bond donors (Lipinski definition) is 1. The van der Waals surface area contributed by atoms with Gasteiger partial charge in [-0.15, -0.1) is 0 Å². The molecule has 2 heteroatoms. The predicted molar refractivity (Wildman–Crippen MR) is 81.9 cm³/mol. The monoisotopic (exact) mass is 266 g/mol. The van der Waals surface area contributed by atoms with Crippen LogP contribution in [0, 0.1) is 11.8 Å². The fourth-order valence-electron chi connectivity index (χ4n) is 2.08. The van der Waals surface area contributed by atoms with Crippen LogP contribution in [0.1, 0.15) is 48.5 Å². The van der Waals surface area contributed by atoms with Gasteiger partial charge in [0.2, 0.25) is 0 Å². The highest BCUT2D eigenvalue weighted by Gasteiger charge is 2.03. The van der Waals surface area contributed by atoms with E-state index in [0.717, 1.165) is 29.2 Å². The smallest absolute Gasteiger partial charge is 0.335 e. The summed E-state index contributed by atoms with van der Waals surface area (Å²) in [6.07, 6.45) is 4.52. The maximum atomic E-state index is 10.9. The van der Waals surface area contributed by atoms with Gasteiger partial charge < -0.3 is 5.11 Å². The SMILES string of the molecule is CCCCCC#Cc1ccc2cc(C(=O)O)ccc2c1. The third kappa shape index (κ3) is 3.61. The van der Waals surface area contributed by atoms with Crippen molar-refractivity contribution in [2.24, 2.45) is 0 Å². The van der Waals surface area contributed by atoms with Gasteiger partial charge in [0.15, 0.2) is 0 Å². The predicted octanol–water partition coefficient (Wildman–Crippen LogP) is 4.47. The largest absolute Gasteiger partial charge is 0.478 e. The topological polar surface area (TPSA) is 37.3 Å². The Labute approximate surface area is 119 Å². The zero-order valence-electron chi connectivity index (χ0n) is 11.6. The molecule has 0 spiro atoms. The molecule has 0 fully saturated rings. The summed E-state index contributed by atoms with van der Waals surface area (Å²) in [7, 11) is 0. The minimum Gasteiger partial charge on any atom is -0.478 e. The van der Waals surface area contributed by atoms with E-state index >= 15 is 0 Å². The summed E-state index contributed by atoms with van der Waals surface area (Å²) in [6.45, 7) is 2.18. The number of aromatic carboxylic acids is 1. The van der Waals surface area contributed by atoms with E-state index in [2.05, 4.69) is 18.8 Å². The van der Waals surface area contributed by atoms with E-state index in [0.29, 0.717) is 5.56 Å². The van der Waals surface area contributed by atoms with Crippen LogP contribution in [0.2, 0.25) is 0 Å². The van der Waals surface area contributed by atoms with Crippen molar-refractivity contribution in [3.8, 4) is 11.8 Å². The summed E-state index contributed by atoms with van der Waals surface area (Å²) in [5.41, 5.74) is 1.30. The summed E-state index contributed by atoms with van der Waals surface area (Å²) in [4.78, 5) is 10.9. The summed E-state index contributed by atoms with van der Waals surface area (Å²) in [6, 6.07) is 11.0. The second kappa shape index (κ2) is 6.77. The lowest BCUT2D eigenvalue weighted by Gasteiger charge is -2.00. The van der Waals surface area contributed by atoms with Crippen LogP contribution in [-0.2, 0) is 0 Å². The number of hydrogen-bond acceptors (Lipinski definition) is 1. The molecule has 1 N–H and O–H groups in total. The molecule has 0 saturated heterocycles. The molecule has 102 valence electrons. The molecule has 0 amide bonds. The number of benzene rings is 2. The number of carboxylic acids is 1. The fourth-order valence-corrected chi connectivity index (χ4v) is 2.08. The van der Waals surface area contributed by atoms with E-state index in [1.807, 2.05) is 24.3 Å². The van der Waals surface area contributed by atoms with Crippen LogP contribution in [-0.4, -0.2) is 11.1 Å². The Morgan fingerprint density at radius 1 is 1.10 bits per heavy atom. The highest BCUT2D eigenvalue weighted by molar-refractivity contribution is 5.94. The normalized spacial score (nSPS) is 10.1. The van der Waals surface area contributed by atoms with Crippen LogP contribution in [0.5, 0.6) is 0 Å². The van der Waals surface area contributed by atoms with Gasteiger partial charge in [0, 0.05) is 12.0 Å². The van der Waals surface area contributed by atoms with Gasteiger partial charge in [0.1, 0.15) is 0 Å². The molecule has 20 heavy (non-hydrogen) atoms. The Morgan fingerprint density at radius 3 is 2.60 bits per heavy atom. The summed E-state index contributed by atoms with van der Waals surface area (Å²) in [5.74, 6) is 5.46. The second-order valence-electron chi connectivity index (χ2n) is 4.84. The van der Waals surface area contributed by atoms with Gasteiger partial charge >= 0.3 is 5.97 Å². The molecule has 0 unspecified atom stereocenters. The summed E-state index contributed by atoms with van der Waals surface area (Å²) in [5, 5.41) is 10.9. The minimum atomic E-state index is -0.897. The van der Waals surface area contributed by atoms with Gasteiger partial charge in [-0.05, 0) is 41.5 Å². The van der Waals surface area contributed by atoms with E-state index in [4.69, 9.17) is 5.11 Å². The van der Waals surface area contributed by atoms with Gasteiger partial charge in [-0.3, -0.25) is 0 Å². The van der Waals surface area contributed by atoms with E-state index in [1.54, 1.807) is 12.1 Å². The first kappa shape index (κ1) is 14.1. The maximum Gasteiger partial charge on any atom is 0.335 e. The molecular weight excluding hydrogens is 248 g/mol. The second-order valence-corrected chi connectivity index (χ2v) is 4.84. The zero-order chi connectivity index (χ0) is 14.4. The molecule has 0 atom stereocenters. The minimum absolute atomic E-state index is 0.316. The Balaban J connectivity index is 2.17. The van der Waals surface area contributed by atoms with Crippen molar-refractivity contribution in [1.82, 2.24) is 0 Å². The van der Waals surface area contributed by atoms with E-state index in [1.165, 1.54) is 12.8 Å². The Hall–Kier alpha value is -2.27. The van der Waals surface area contributed by atoms with Gasteiger partial charge in [-0.25, -0.2) is 4.79 Å². The van der Waals surface area contributed by atoms with Gasteiger partial charge in [-0.1, -0.05) is 43.7 Å². The van der Waals surface area contributed by atoms with Crippen molar-refractivity contribution in [3.05, 3.63) is 47.5 Å². The number of rotatable bonds is 4. The van der Waals surface area contributed by atoms with Crippen molar-refractivity contribution in [3.63, 3.8) is 0 Å². The van der Waals surface area contributed by atoms with Crippen LogP contribution >= 0.6 is 0 Å². The molecular formula is C18H18O2. The molecule has 0 aliphatic heterocycles. The Morgan fingerprint density at radius 2 is 1.85 bits per heavy atom. The molecule has 0 saturated carbocycles. The first-order chi connectivity index (χ1) is 9.70. The fraction of sp³-hybridized carbons (Fsp3) is 0.278. The molecule has 0 radical (unpaired) electrons. The van der Waals surface area contributed by atoms with E-state index in [9.17, 15) is 4.79 Å². The first-order valence-electron chi connectivity index (χ1n) is 6.96. The van der Waals surface area contributed by atoms with Crippen LogP contribution in [0.4, 0.5) is 0 Å². The third-order valence-electron chi connectivity index (χ3n) is 3.23. The Bertz CT molecular complexity index is 675. The van der Waals surface area contributed by atoms with Crippen LogP contribution in [0.15, 0.2) is 36.4 Å². The summed E-state index contributed by atoms with van der Waals surface area (Å²) < 4.78 is 0. The number of unbranched alkanes of at least 4 members (excludes halogenated alkanes) is 3. The number of carbonyl (C=O) groups is 1. The van der Waals surface area contributed by atoms with E-state index in [-0.39, 0.29) is 0 Å². The molecule has 2 nitrogen and oxygen atoms in total. The van der Waals surface area contributed by atoms with E-state index < -0.39 is 5.97 Å².